The number of H-pyrrole nitrogens is 1. The van der Waals surface area contributed by atoms with Gasteiger partial charge in [-0.25, -0.2) is 9.37 Å². The van der Waals surface area contributed by atoms with Crippen molar-refractivity contribution in [3.63, 3.8) is 0 Å². The molecule has 3 fully saturated rings. The molecular formula is C35H41FN4O. The third kappa shape index (κ3) is 4.80. The van der Waals surface area contributed by atoms with E-state index in [1.165, 1.54) is 37.8 Å². The normalized spacial score (nSPS) is 21.2. The van der Waals surface area contributed by atoms with Crippen LogP contribution >= 0.6 is 0 Å². The van der Waals surface area contributed by atoms with Crippen LogP contribution in [0.1, 0.15) is 81.0 Å². The molecule has 41 heavy (non-hydrogen) atoms. The van der Waals surface area contributed by atoms with Crippen molar-refractivity contribution < 1.29 is 9.13 Å². The fourth-order valence-corrected chi connectivity index (χ4v) is 7.81. The van der Waals surface area contributed by atoms with Crippen molar-refractivity contribution in [1.29, 1.82) is 0 Å². The molecule has 0 unspecified atom stereocenters. The number of aryl methyl sites for hydroxylation is 1. The summed E-state index contributed by atoms with van der Waals surface area (Å²) in [6.45, 7) is 9.53. The number of aromatic nitrogens is 2. The number of fused-ring (bicyclic) bond motifs is 1. The van der Waals surface area contributed by atoms with Gasteiger partial charge in [-0.05, 0) is 98.2 Å². The van der Waals surface area contributed by atoms with Crippen LogP contribution in [-0.4, -0.2) is 40.5 Å². The maximum absolute atomic E-state index is 15.9. The largest absolute Gasteiger partial charge is 0.452 e. The second-order valence-corrected chi connectivity index (χ2v) is 13.0. The second-order valence-electron chi connectivity index (χ2n) is 13.0. The zero-order valence-electron chi connectivity index (χ0n) is 24.5. The number of hydrogen-bond donors (Lipinski definition) is 1. The molecule has 0 radical (unpaired) electrons. The van der Waals surface area contributed by atoms with Crippen molar-refractivity contribution in [1.82, 2.24) is 14.9 Å². The van der Waals surface area contributed by atoms with Crippen LogP contribution in [-0.2, 0) is 0 Å². The Hall–Kier alpha value is -3.38. The highest BCUT2D eigenvalue weighted by Gasteiger charge is 2.50. The monoisotopic (exact) mass is 552 g/mol. The zero-order chi connectivity index (χ0) is 28.1. The number of benzene rings is 2. The lowest BCUT2D eigenvalue weighted by Crippen LogP contribution is -2.55. The minimum absolute atomic E-state index is 0.273. The predicted molar refractivity (Wildman–Crippen MR) is 163 cm³/mol. The van der Waals surface area contributed by atoms with Crippen molar-refractivity contribution in [2.75, 3.05) is 24.5 Å². The van der Waals surface area contributed by atoms with E-state index in [1.54, 1.807) is 11.8 Å². The Morgan fingerprint density at radius 3 is 2.66 bits per heavy atom. The van der Waals surface area contributed by atoms with Gasteiger partial charge in [-0.3, -0.25) is 4.90 Å². The van der Waals surface area contributed by atoms with E-state index in [-0.39, 0.29) is 5.82 Å². The lowest BCUT2D eigenvalue weighted by Gasteiger charge is -2.56. The number of likely N-dealkylation sites (tertiary alicyclic amines) is 1. The number of nitrogens with one attached hydrogen (secondary N) is 1. The van der Waals surface area contributed by atoms with Crippen LogP contribution in [0.2, 0.25) is 0 Å². The smallest absolute Gasteiger partial charge is 0.189 e. The van der Waals surface area contributed by atoms with Crippen LogP contribution in [0.5, 0.6) is 11.5 Å². The molecule has 1 spiro atoms. The van der Waals surface area contributed by atoms with Crippen LogP contribution < -0.4 is 9.64 Å². The number of hydrogen-bond acceptors (Lipinski definition) is 4. The minimum atomic E-state index is -0.273. The number of anilines is 1. The summed E-state index contributed by atoms with van der Waals surface area (Å²) in [6, 6.07) is 18.1. The molecule has 214 valence electrons. The summed E-state index contributed by atoms with van der Waals surface area (Å²) < 4.78 is 22.0. The van der Waals surface area contributed by atoms with Gasteiger partial charge in [0.1, 0.15) is 11.4 Å². The number of rotatable bonds is 6. The van der Waals surface area contributed by atoms with Gasteiger partial charge in [0, 0.05) is 36.8 Å². The number of nitrogens with zero attached hydrogens (tertiary/aromatic N) is 3. The fourth-order valence-electron chi connectivity index (χ4n) is 7.81. The van der Waals surface area contributed by atoms with Gasteiger partial charge in [0.15, 0.2) is 11.6 Å². The average Bonchev–Trinajstić information content (AvgIpc) is 3.64. The van der Waals surface area contributed by atoms with E-state index in [0.717, 1.165) is 42.5 Å². The highest BCUT2D eigenvalue weighted by atomic mass is 19.1. The number of aromatic amines is 1. The first-order valence-electron chi connectivity index (χ1n) is 15.4. The van der Waals surface area contributed by atoms with Crippen LogP contribution in [0.25, 0.3) is 11.0 Å². The summed E-state index contributed by atoms with van der Waals surface area (Å²) in [4.78, 5) is 12.5. The van der Waals surface area contributed by atoms with Gasteiger partial charge in [-0.2, -0.15) is 0 Å². The lowest BCUT2D eigenvalue weighted by atomic mass is 9.59. The summed E-state index contributed by atoms with van der Waals surface area (Å²) in [5, 5.41) is 0.946. The van der Waals surface area contributed by atoms with E-state index in [4.69, 9.17) is 4.74 Å². The van der Waals surface area contributed by atoms with E-state index in [1.807, 2.05) is 37.4 Å². The van der Waals surface area contributed by atoms with Crippen molar-refractivity contribution in [2.45, 2.75) is 77.3 Å². The molecule has 2 aliphatic heterocycles. The third-order valence-corrected chi connectivity index (χ3v) is 10.1. The van der Waals surface area contributed by atoms with Gasteiger partial charge in [0.2, 0.25) is 0 Å². The summed E-state index contributed by atoms with van der Waals surface area (Å²) in [6.07, 6.45) is 10.9. The first kappa shape index (κ1) is 26.5. The van der Waals surface area contributed by atoms with E-state index in [2.05, 4.69) is 57.9 Å². The van der Waals surface area contributed by atoms with Gasteiger partial charge >= 0.3 is 0 Å². The van der Waals surface area contributed by atoms with E-state index < -0.39 is 0 Å². The number of pyridine rings is 1. The Morgan fingerprint density at radius 2 is 1.85 bits per heavy atom. The van der Waals surface area contributed by atoms with E-state index in [9.17, 15) is 0 Å². The van der Waals surface area contributed by atoms with Crippen molar-refractivity contribution in [3.8, 4) is 11.5 Å². The molecule has 1 aliphatic carbocycles. The molecule has 1 atom stereocenters. The molecule has 5 nitrogen and oxygen atoms in total. The number of halogens is 1. The standard InChI is InChI=1S/C35H41FN4O/c1-23(2)28-7-4-5-8-29(28)30-9-6-16-40(30)26-20-35(21-26)13-17-39(18-14-35)31-11-10-24(3)33(32(31)36)41-27-19-25-12-15-37-34(25)38-22-27/h4-5,7-8,10-12,15,19,22-23,26,30H,6,9,13-14,16-18,20-21H2,1-3H3,(H,37,38)/t30-/m0/s1. The van der Waals surface area contributed by atoms with Gasteiger partial charge in [-0.15, -0.1) is 0 Å². The molecule has 0 bridgehead atoms. The Kier molecular flexibility index (Phi) is 6.77. The van der Waals surface area contributed by atoms with Crippen LogP contribution in [0.15, 0.2) is 60.9 Å². The lowest BCUT2D eigenvalue weighted by molar-refractivity contribution is -0.0228. The first-order chi connectivity index (χ1) is 19.9. The molecule has 4 heterocycles. The Morgan fingerprint density at radius 1 is 1.05 bits per heavy atom. The van der Waals surface area contributed by atoms with E-state index in [0.29, 0.717) is 40.6 Å². The number of piperidine rings is 1. The topological polar surface area (TPSA) is 44.4 Å². The zero-order valence-corrected chi connectivity index (χ0v) is 24.5. The molecule has 2 saturated heterocycles. The molecule has 7 rings (SSSR count). The van der Waals surface area contributed by atoms with Crippen LogP contribution in [0.4, 0.5) is 10.1 Å². The van der Waals surface area contributed by atoms with Crippen LogP contribution in [0.3, 0.4) is 0 Å². The molecular weight excluding hydrogens is 511 g/mol. The molecule has 2 aromatic carbocycles. The minimum Gasteiger partial charge on any atom is -0.452 e. The quantitative estimate of drug-likeness (QED) is 0.260. The summed E-state index contributed by atoms with van der Waals surface area (Å²) in [5.74, 6) is 1.12. The SMILES string of the molecule is Cc1ccc(N2CCC3(CC2)CC(N2CCC[C@H]2c2ccccc2C(C)C)C3)c(F)c1Oc1cnc2[nH]ccc2c1. The highest BCUT2D eigenvalue weighted by Crippen LogP contribution is 2.54. The summed E-state index contributed by atoms with van der Waals surface area (Å²) in [5.41, 5.74) is 5.70. The number of ether oxygens (including phenoxy) is 1. The van der Waals surface area contributed by atoms with E-state index >= 15 is 4.39 Å². The van der Waals surface area contributed by atoms with Crippen molar-refractivity contribution >= 4 is 16.7 Å². The second kappa shape index (κ2) is 10.5. The molecule has 1 saturated carbocycles. The molecule has 4 aromatic rings. The third-order valence-electron chi connectivity index (χ3n) is 10.1. The molecule has 1 N–H and O–H groups in total. The molecule has 6 heteroatoms. The Balaban J connectivity index is 1.01. The van der Waals surface area contributed by atoms with Crippen LogP contribution in [0, 0.1) is 18.2 Å². The Labute approximate surface area is 242 Å². The van der Waals surface area contributed by atoms with Gasteiger partial charge in [0.05, 0.1) is 11.9 Å². The average molecular weight is 553 g/mol. The highest BCUT2D eigenvalue weighted by molar-refractivity contribution is 5.76. The molecule has 2 aromatic heterocycles. The van der Waals surface area contributed by atoms with Crippen molar-refractivity contribution in [3.05, 3.63) is 83.4 Å². The van der Waals surface area contributed by atoms with Crippen molar-refractivity contribution in [2.24, 2.45) is 5.41 Å². The maximum atomic E-state index is 15.9. The Bertz CT molecular complexity index is 1550. The summed E-state index contributed by atoms with van der Waals surface area (Å²) in [7, 11) is 0. The van der Waals surface area contributed by atoms with Gasteiger partial charge in [-0.1, -0.05) is 44.2 Å². The fraction of sp³-hybridized carbons (Fsp3) is 0.457. The summed E-state index contributed by atoms with van der Waals surface area (Å²) >= 11 is 0. The molecule has 0 amide bonds. The molecule has 3 aliphatic rings. The first-order valence-corrected chi connectivity index (χ1v) is 15.4. The van der Waals surface area contributed by atoms with Gasteiger partial charge in [0.25, 0.3) is 0 Å². The predicted octanol–water partition coefficient (Wildman–Crippen LogP) is 8.51. The van der Waals surface area contributed by atoms with Gasteiger partial charge < -0.3 is 14.6 Å². The maximum Gasteiger partial charge on any atom is 0.189 e.